The quantitative estimate of drug-likeness (QED) is 0.642. The van der Waals surface area contributed by atoms with Crippen molar-refractivity contribution in [3.05, 3.63) is 29.8 Å². The van der Waals surface area contributed by atoms with E-state index in [0.29, 0.717) is 36.8 Å². The van der Waals surface area contributed by atoms with Crippen LogP contribution < -0.4 is 5.11 Å². The number of fused-ring (bicyclic) bond motifs is 1. The highest BCUT2D eigenvalue weighted by Crippen LogP contribution is 2.31. The fourth-order valence-corrected chi connectivity index (χ4v) is 5.22. The van der Waals surface area contributed by atoms with Gasteiger partial charge in [-0.15, -0.1) is 0 Å². The first-order valence-electron chi connectivity index (χ1n) is 8.49. The Morgan fingerprint density at radius 1 is 1.23 bits per heavy atom. The molecule has 1 fully saturated rings. The van der Waals surface area contributed by atoms with Gasteiger partial charge in [0.1, 0.15) is 4.90 Å². The zero-order chi connectivity index (χ0) is 19.1. The third kappa shape index (κ3) is 2.80. The smallest absolute Gasteiger partial charge is 0.334 e. The first kappa shape index (κ1) is 18.5. The topological polar surface area (TPSA) is 112 Å². The molecular weight excluding hydrogens is 360 g/mol. The first-order chi connectivity index (χ1) is 12.2. The number of piperidine rings is 1. The fourth-order valence-electron chi connectivity index (χ4n) is 3.70. The predicted molar refractivity (Wildman–Crippen MR) is 87.9 cm³/mol. The van der Waals surface area contributed by atoms with Crippen molar-refractivity contribution in [1.29, 1.82) is 0 Å². The van der Waals surface area contributed by atoms with Crippen LogP contribution in [0.5, 0.6) is 0 Å². The predicted octanol–water partition coefficient (Wildman–Crippen LogP) is -0.646. The third-order valence-electron chi connectivity index (χ3n) is 5.47. The van der Waals surface area contributed by atoms with Crippen LogP contribution >= 0.6 is 0 Å². The summed E-state index contributed by atoms with van der Waals surface area (Å²) in [6, 6.07) is 5.87. The van der Waals surface area contributed by atoms with E-state index in [2.05, 4.69) is 0 Å². The number of carbonyl (C=O) groups is 3. The molecule has 0 spiro atoms. The van der Waals surface area contributed by atoms with E-state index >= 15 is 0 Å². The van der Waals surface area contributed by atoms with Crippen molar-refractivity contribution in [3.8, 4) is 0 Å². The van der Waals surface area contributed by atoms with Gasteiger partial charge in [0.05, 0.1) is 25.2 Å². The van der Waals surface area contributed by atoms with Gasteiger partial charge in [0.15, 0.2) is 6.54 Å². The maximum Gasteiger partial charge on any atom is 0.334 e. The number of sulfonamides is 1. The molecule has 3 rings (SSSR count). The van der Waals surface area contributed by atoms with Gasteiger partial charge in [-0.05, 0) is 19.1 Å². The van der Waals surface area contributed by atoms with Crippen LogP contribution in [-0.4, -0.2) is 61.2 Å². The van der Waals surface area contributed by atoms with Crippen molar-refractivity contribution in [2.24, 2.45) is 5.92 Å². The molecule has 2 heterocycles. The molecule has 0 atom stereocenters. The van der Waals surface area contributed by atoms with Gasteiger partial charge in [-0.1, -0.05) is 12.1 Å². The molecule has 0 N–H and O–H groups in total. The highest BCUT2D eigenvalue weighted by molar-refractivity contribution is 7.90. The summed E-state index contributed by atoms with van der Waals surface area (Å²) in [5, 5.41) is 11.0. The Bertz CT molecular complexity index is 871. The van der Waals surface area contributed by atoms with Crippen LogP contribution in [0.4, 0.5) is 0 Å². The molecule has 0 aliphatic carbocycles. The number of nitrogens with zero attached hydrogens (tertiary/aromatic N) is 2. The number of carboxylic acids is 1. The second-order valence-corrected chi connectivity index (χ2v) is 8.54. The van der Waals surface area contributed by atoms with Crippen molar-refractivity contribution < 1.29 is 32.4 Å². The SMILES string of the molecule is CC[N+]1(C(=O)CN2C(=O)c3ccccc3S2(=O)=O)CCC(C(=O)[O-])CC1. The third-order valence-corrected chi connectivity index (χ3v) is 7.26. The summed E-state index contributed by atoms with van der Waals surface area (Å²) in [4.78, 5) is 36.3. The lowest BCUT2D eigenvalue weighted by molar-refractivity contribution is -0.858. The average molecular weight is 380 g/mol. The van der Waals surface area contributed by atoms with E-state index in [-0.39, 0.29) is 14.9 Å². The summed E-state index contributed by atoms with van der Waals surface area (Å²) in [6.45, 7) is 2.26. The Labute approximate surface area is 151 Å². The van der Waals surface area contributed by atoms with E-state index in [1.165, 1.54) is 18.2 Å². The minimum absolute atomic E-state index is 0.0283. The van der Waals surface area contributed by atoms with E-state index in [9.17, 15) is 27.9 Å². The second-order valence-electron chi connectivity index (χ2n) is 6.71. The molecule has 0 saturated carbocycles. The second kappa shape index (κ2) is 6.48. The number of likely N-dealkylation sites (tertiary alicyclic amines) is 1. The summed E-state index contributed by atoms with van der Waals surface area (Å²) in [5.74, 6) is -2.82. The minimum atomic E-state index is -4.04. The van der Waals surface area contributed by atoms with Crippen molar-refractivity contribution in [2.45, 2.75) is 24.7 Å². The maximum absolute atomic E-state index is 12.9. The lowest BCUT2D eigenvalue weighted by Gasteiger charge is -2.41. The van der Waals surface area contributed by atoms with Crippen molar-refractivity contribution in [2.75, 3.05) is 26.2 Å². The van der Waals surface area contributed by atoms with Crippen LogP contribution in [-0.2, 0) is 19.6 Å². The standard InChI is InChI=1S/C17H20N2O6S/c1-2-19(9-7-12(8-10-19)17(22)23)15(20)11-18-16(21)13-5-3-4-6-14(13)26(18,24)25/h3-6,12H,2,7-11H2,1H3. The lowest BCUT2D eigenvalue weighted by atomic mass is 9.94. The van der Waals surface area contributed by atoms with Crippen LogP contribution in [0.2, 0.25) is 0 Å². The zero-order valence-corrected chi connectivity index (χ0v) is 15.2. The monoisotopic (exact) mass is 380 g/mol. The Morgan fingerprint density at radius 3 is 2.38 bits per heavy atom. The van der Waals surface area contributed by atoms with Crippen molar-refractivity contribution in [3.63, 3.8) is 0 Å². The van der Waals surface area contributed by atoms with Gasteiger partial charge < -0.3 is 9.90 Å². The number of quaternary nitrogens is 1. The molecule has 8 nitrogen and oxygen atoms in total. The first-order valence-corrected chi connectivity index (χ1v) is 9.93. The highest BCUT2D eigenvalue weighted by Gasteiger charge is 2.47. The average Bonchev–Trinajstić information content (AvgIpc) is 2.82. The highest BCUT2D eigenvalue weighted by atomic mass is 32.2. The van der Waals surface area contributed by atoms with Crippen LogP contribution in [0.3, 0.4) is 0 Å². The molecule has 1 saturated heterocycles. The number of hydrogen-bond donors (Lipinski definition) is 0. The molecule has 26 heavy (non-hydrogen) atoms. The molecule has 140 valence electrons. The van der Waals surface area contributed by atoms with Crippen LogP contribution in [0.1, 0.15) is 30.1 Å². The van der Waals surface area contributed by atoms with Gasteiger partial charge in [0.25, 0.3) is 15.9 Å². The fraction of sp³-hybridized carbons (Fsp3) is 0.471. The number of likely N-dealkylation sites (N-methyl/N-ethyl adjacent to an activating group) is 1. The number of aliphatic carboxylic acids is 1. The molecule has 0 radical (unpaired) electrons. The molecule has 0 bridgehead atoms. The number of rotatable bonds is 4. The van der Waals surface area contributed by atoms with Crippen LogP contribution in [0.25, 0.3) is 0 Å². The molecule has 1 aromatic rings. The Hall–Kier alpha value is -2.26. The van der Waals surface area contributed by atoms with Gasteiger partial charge >= 0.3 is 5.91 Å². The van der Waals surface area contributed by atoms with Gasteiger partial charge in [-0.25, -0.2) is 17.5 Å². The number of hydrogen-bond acceptors (Lipinski definition) is 6. The normalized spacial score (nSPS) is 27.2. The van der Waals surface area contributed by atoms with E-state index < -0.39 is 40.3 Å². The summed E-state index contributed by atoms with van der Waals surface area (Å²) < 4.78 is 25.8. The van der Waals surface area contributed by atoms with Gasteiger partial charge in [0.2, 0.25) is 0 Å². The summed E-state index contributed by atoms with van der Waals surface area (Å²) >= 11 is 0. The zero-order valence-electron chi connectivity index (χ0n) is 14.4. The maximum atomic E-state index is 12.9. The largest absolute Gasteiger partial charge is 0.550 e. The van der Waals surface area contributed by atoms with Crippen molar-refractivity contribution in [1.82, 2.24) is 4.31 Å². The summed E-state index contributed by atoms with van der Waals surface area (Å²) in [5.41, 5.74) is 0.0685. The van der Waals surface area contributed by atoms with E-state index in [4.69, 9.17) is 0 Å². The van der Waals surface area contributed by atoms with E-state index in [0.717, 1.165) is 0 Å². The molecule has 2 amide bonds. The number of amides is 2. The molecule has 0 aromatic heterocycles. The Kier molecular flexibility index (Phi) is 4.61. The lowest BCUT2D eigenvalue weighted by Crippen LogP contribution is -2.61. The van der Waals surface area contributed by atoms with Gasteiger partial charge in [-0.3, -0.25) is 9.28 Å². The minimum Gasteiger partial charge on any atom is -0.550 e. The van der Waals surface area contributed by atoms with E-state index in [1.807, 2.05) is 0 Å². The molecule has 1 aromatic carbocycles. The van der Waals surface area contributed by atoms with Gasteiger partial charge in [-0.2, -0.15) is 0 Å². The molecular formula is C17H20N2O6S. The Morgan fingerprint density at radius 2 is 1.85 bits per heavy atom. The van der Waals surface area contributed by atoms with E-state index in [1.54, 1.807) is 13.0 Å². The van der Waals surface area contributed by atoms with Crippen LogP contribution in [0, 0.1) is 5.92 Å². The number of benzene rings is 1. The number of carboxylic acid groups (broad SMARTS) is 1. The summed E-state index contributed by atoms with van der Waals surface area (Å²) in [7, 11) is -4.04. The van der Waals surface area contributed by atoms with Crippen molar-refractivity contribution >= 4 is 27.8 Å². The Balaban J connectivity index is 1.82. The molecule has 2 aliphatic heterocycles. The van der Waals surface area contributed by atoms with Crippen LogP contribution in [0.15, 0.2) is 29.2 Å². The molecule has 0 unspecified atom stereocenters. The van der Waals surface area contributed by atoms with Gasteiger partial charge in [0, 0.05) is 24.7 Å². The molecule has 2 aliphatic rings. The summed E-state index contributed by atoms with van der Waals surface area (Å²) in [6.07, 6.45) is 0.589. The number of carbonyl (C=O) groups excluding carboxylic acids is 3. The molecule has 9 heteroatoms.